The molecule has 0 radical (unpaired) electrons. The summed E-state index contributed by atoms with van der Waals surface area (Å²) in [5.41, 5.74) is 7.70. The molecule has 0 aliphatic heterocycles. The molecule has 0 atom stereocenters. The summed E-state index contributed by atoms with van der Waals surface area (Å²) in [5, 5.41) is 2.81. The number of methoxy groups -OCH3 is 4. The number of ether oxygens (including phenoxy) is 4. The molecular weight excluding hydrogens is 324 g/mol. The standard InChI is InChI=1S/C18H22N2O5/c1-22-14-6-5-12(9-16(14)24-3)20-18(21)8-11-7-15(23-2)17(25-4)10-13(11)19/h5-7,9-10H,8,19H2,1-4H3,(H,20,21). The summed E-state index contributed by atoms with van der Waals surface area (Å²) in [6.45, 7) is 0. The predicted molar refractivity (Wildman–Crippen MR) is 95.8 cm³/mol. The Morgan fingerprint density at radius 2 is 1.44 bits per heavy atom. The van der Waals surface area contributed by atoms with Gasteiger partial charge in [-0.2, -0.15) is 0 Å². The Hall–Kier alpha value is -3.09. The van der Waals surface area contributed by atoms with E-state index in [1.807, 2.05) is 0 Å². The van der Waals surface area contributed by atoms with E-state index < -0.39 is 0 Å². The van der Waals surface area contributed by atoms with Gasteiger partial charge in [0, 0.05) is 23.5 Å². The first-order valence-electron chi connectivity index (χ1n) is 7.54. The molecule has 3 N–H and O–H groups in total. The highest BCUT2D eigenvalue weighted by Gasteiger charge is 2.13. The maximum Gasteiger partial charge on any atom is 0.228 e. The Balaban J connectivity index is 2.15. The number of anilines is 2. The predicted octanol–water partition coefficient (Wildman–Crippen LogP) is 2.48. The van der Waals surface area contributed by atoms with Gasteiger partial charge < -0.3 is 30.0 Å². The Bertz CT molecular complexity index is 761. The van der Waals surface area contributed by atoms with E-state index in [1.165, 1.54) is 21.3 Å². The van der Waals surface area contributed by atoms with E-state index in [4.69, 9.17) is 24.7 Å². The van der Waals surface area contributed by atoms with E-state index in [0.29, 0.717) is 39.9 Å². The molecule has 7 heteroatoms. The number of nitrogens with one attached hydrogen (secondary N) is 1. The summed E-state index contributed by atoms with van der Waals surface area (Å²) < 4.78 is 20.8. The molecule has 0 bridgehead atoms. The van der Waals surface area contributed by atoms with Crippen molar-refractivity contribution in [1.82, 2.24) is 0 Å². The topological polar surface area (TPSA) is 92.0 Å². The summed E-state index contributed by atoms with van der Waals surface area (Å²) in [4.78, 5) is 12.3. The van der Waals surface area contributed by atoms with Crippen LogP contribution in [0.5, 0.6) is 23.0 Å². The van der Waals surface area contributed by atoms with Crippen molar-refractivity contribution < 1.29 is 23.7 Å². The smallest absolute Gasteiger partial charge is 0.228 e. The molecule has 2 aromatic rings. The Labute approximate surface area is 146 Å². The molecule has 0 fully saturated rings. The number of nitrogens with two attached hydrogens (primary N) is 1. The van der Waals surface area contributed by atoms with Crippen molar-refractivity contribution in [3.63, 3.8) is 0 Å². The minimum atomic E-state index is -0.217. The van der Waals surface area contributed by atoms with E-state index in [2.05, 4.69) is 5.32 Å². The highest BCUT2D eigenvalue weighted by molar-refractivity contribution is 5.93. The van der Waals surface area contributed by atoms with Gasteiger partial charge in [-0.1, -0.05) is 0 Å². The summed E-state index contributed by atoms with van der Waals surface area (Å²) in [6.07, 6.45) is 0.0978. The van der Waals surface area contributed by atoms with Crippen molar-refractivity contribution in [3.8, 4) is 23.0 Å². The van der Waals surface area contributed by atoms with Crippen LogP contribution in [0.1, 0.15) is 5.56 Å². The maximum absolute atomic E-state index is 12.3. The van der Waals surface area contributed by atoms with Gasteiger partial charge in [0.05, 0.1) is 34.9 Å². The molecule has 0 aliphatic carbocycles. The van der Waals surface area contributed by atoms with Crippen LogP contribution in [0.4, 0.5) is 11.4 Å². The second-order valence-corrected chi connectivity index (χ2v) is 5.20. The summed E-state index contributed by atoms with van der Waals surface area (Å²) in [6, 6.07) is 8.48. The SMILES string of the molecule is COc1ccc(NC(=O)Cc2cc(OC)c(OC)cc2N)cc1OC. The van der Waals surface area contributed by atoms with Crippen LogP contribution in [0.3, 0.4) is 0 Å². The van der Waals surface area contributed by atoms with Gasteiger partial charge >= 0.3 is 0 Å². The monoisotopic (exact) mass is 346 g/mol. The molecular formula is C18H22N2O5. The van der Waals surface area contributed by atoms with Gasteiger partial charge in [0.15, 0.2) is 23.0 Å². The molecule has 7 nitrogen and oxygen atoms in total. The number of hydrogen-bond acceptors (Lipinski definition) is 6. The van der Waals surface area contributed by atoms with Crippen LogP contribution in [0.15, 0.2) is 30.3 Å². The first-order valence-corrected chi connectivity index (χ1v) is 7.54. The third kappa shape index (κ3) is 4.26. The van der Waals surface area contributed by atoms with Crippen LogP contribution in [0.25, 0.3) is 0 Å². The van der Waals surface area contributed by atoms with Gasteiger partial charge in [-0.25, -0.2) is 0 Å². The van der Waals surface area contributed by atoms with Crippen molar-refractivity contribution in [2.75, 3.05) is 39.5 Å². The van der Waals surface area contributed by atoms with Crippen LogP contribution in [-0.4, -0.2) is 34.3 Å². The second kappa shape index (κ2) is 8.14. The number of carbonyl (C=O) groups is 1. The zero-order valence-corrected chi connectivity index (χ0v) is 14.7. The minimum absolute atomic E-state index is 0.0978. The van der Waals surface area contributed by atoms with Crippen LogP contribution in [0.2, 0.25) is 0 Å². The zero-order chi connectivity index (χ0) is 18.4. The van der Waals surface area contributed by atoms with E-state index >= 15 is 0 Å². The van der Waals surface area contributed by atoms with Gasteiger partial charge in [0.1, 0.15) is 0 Å². The molecule has 25 heavy (non-hydrogen) atoms. The molecule has 0 aromatic heterocycles. The lowest BCUT2D eigenvalue weighted by atomic mass is 10.1. The average molecular weight is 346 g/mol. The van der Waals surface area contributed by atoms with E-state index in [0.717, 1.165) is 0 Å². The number of rotatable bonds is 7. The van der Waals surface area contributed by atoms with Gasteiger partial charge in [-0.15, -0.1) is 0 Å². The third-order valence-corrected chi connectivity index (χ3v) is 3.66. The van der Waals surface area contributed by atoms with Crippen molar-refractivity contribution in [2.45, 2.75) is 6.42 Å². The number of hydrogen-bond donors (Lipinski definition) is 2. The number of amides is 1. The molecule has 134 valence electrons. The number of carbonyl (C=O) groups excluding carboxylic acids is 1. The minimum Gasteiger partial charge on any atom is -0.493 e. The molecule has 0 saturated heterocycles. The fraction of sp³-hybridized carbons (Fsp3) is 0.278. The van der Waals surface area contributed by atoms with Crippen molar-refractivity contribution >= 4 is 17.3 Å². The zero-order valence-electron chi connectivity index (χ0n) is 14.7. The van der Waals surface area contributed by atoms with Crippen LogP contribution >= 0.6 is 0 Å². The third-order valence-electron chi connectivity index (χ3n) is 3.66. The first kappa shape index (κ1) is 18.3. The molecule has 1 amide bonds. The van der Waals surface area contributed by atoms with Gasteiger partial charge in [0.25, 0.3) is 0 Å². The van der Waals surface area contributed by atoms with E-state index in [9.17, 15) is 4.79 Å². The van der Waals surface area contributed by atoms with Crippen LogP contribution in [0, 0.1) is 0 Å². The molecule has 0 spiro atoms. The molecule has 2 aromatic carbocycles. The highest BCUT2D eigenvalue weighted by atomic mass is 16.5. The lowest BCUT2D eigenvalue weighted by molar-refractivity contribution is -0.115. The number of nitrogen functional groups attached to an aromatic ring is 1. The van der Waals surface area contributed by atoms with Crippen molar-refractivity contribution in [1.29, 1.82) is 0 Å². The number of benzene rings is 2. The van der Waals surface area contributed by atoms with E-state index in [1.54, 1.807) is 37.4 Å². The van der Waals surface area contributed by atoms with Crippen molar-refractivity contribution in [2.24, 2.45) is 0 Å². The van der Waals surface area contributed by atoms with Crippen LogP contribution < -0.4 is 30.0 Å². The fourth-order valence-electron chi connectivity index (χ4n) is 2.38. The summed E-state index contributed by atoms with van der Waals surface area (Å²) >= 11 is 0. The van der Waals surface area contributed by atoms with Gasteiger partial charge in [-0.05, 0) is 23.8 Å². The quantitative estimate of drug-likeness (QED) is 0.748. The Morgan fingerprint density at radius 1 is 0.880 bits per heavy atom. The largest absolute Gasteiger partial charge is 0.493 e. The first-order chi connectivity index (χ1) is 12.0. The lowest BCUT2D eigenvalue weighted by Crippen LogP contribution is -2.15. The summed E-state index contributed by atoms with van der Waals surface area (Å²) in [5.74, 6) is 1.94. The van der Waals surface area contributed by atoms with Crippen LogP contribution in [-0.2, 0) is 11.2 Å². The summed E-state index contributed by atoms with van der Waals surface area (Å²) in [7, 11) is 6.14. The molecule has 2 rings (SSSR count). The maximum atomic E-state index is 12.3. The lowest BCUT2D eigenvalue weighted by Gasteiger charge is -2.13. The Morgan fingerprint density at radius 3 is 2.04 bits per heavy atom. The van der Waals surface area contributed by atoms with E-state index in [-0.39, 0.29) is 12.3 Å². The second-order valence-electron chi connectivity index (χ2n) is 5.20. The van der Waals surface area contributed by atoms with Crippen molar-refractivity contribution in [3.05, 3.63) is 35.9 Å². The normalized spacial score (nSPS) is 10.1. The van der Waals surface area contributed by atoms with Gasteiger partial charge in [-0.3, -0.25) is 4.79 Å². The highest BCUT2D eigenvalue weighted by Crippen LogP contribution is 2.33. The fourth-order valence-corrected chi connectivity index (χ4v) is 2.38. The Kier molecular flexibility index (Phi) is 5.94. The average Bonchev–Trinajstić information content (AvgIpc) is 2.62. The molecule has 0 unspecified atom stereocenters. The molecule has 0 heterocycles. The molecule has 0 aliphatic rings. The van der Waals surface area contributed by atoms with Gasteiger partial charge in [0.2, 0.25) is 5.91 Å². The molecule has 0 saturated carbocycles.